The summed E-state index contributed by atoms with van der Waals surface area (Å²) >= 11 is 12.0. The molecule has 16 heteroatoms. The van der Waals surface area contributed by atoms with Crippen LogP contribution in [0.5, 0.6) is 11.5 Å². The summed E-state index contributed by atoms with van der Waals surface area (Å²) in [4.78, 5) is 61.3. The van der Waals surface area contributed by atoms with E-state index < -0.39 is 79.2 Å². The van der Waals surface area contributed by atoms with Crippen LogP contribution in [0.4, 0.5) is 21.6 Å². The number of amides is 4. The van der Waals surface area contributed by atoms with Crippen LogP contribution < -0.4 is 25.0 Å². The number of anilines is 3. The second-order valence-corrected chi connectivity index (χ2v) is 14.2. The number of fused-ring (bicyclic) bond motifs is 2. The number of ether oxygens (including phenoxy) is 2. The Balaban J connectivity index is 0.987. The lowest BCUT2D eigenvalue weighted by molar-refractivity contribution is -0.136. The van der Waals surface area contributed by atoms with Gasteiger partial charge in [0.2, 0.25) is 11.8 Å². The molecule has 4 aliphatic rings. The number of halogens is 3. The maximum absolute atomic E-state index is 14.9. The molecule has 286 valence electrons. The van der Waals surface area contributed by atoms with Gasteiger partial charge in [-0.25, -0.2) is 14.4 Å². The van der Waals surface area contributed by atoms with Gasteiger partial charge in [-0.05, 0) is 74.4 Å². The average molecular weight is 799 g/mol. The van der Waals surface area contributed by atoms with E-state index in [2.05, 4.69) is 20.6 Å². The molecule has 2 saturated heterocycles. The van der Waals surface area contributed by atoms with Crippen molar-refractivity contribution in [2.24, 2.45) is 5.92 Å². The van der Waals surface area contributed by atoms with Gasteiger partial charge in [-0.3, -0.25) is 34.3 Å². The Bertz CT molecular complexity index is 2560. The molecule has 0 bridgehead atoms. The van der Waals surface area contributed by atoms with E-state index in [4.69, 9.17) is 43.6 Å². The highest BCUT2D eigenvalue weighted by molar-refractivity contribution is 6.42. The second kappa shape index (κ2) is 15.2. The lowest BCUT2D eigenvalue weighted by atomic mass is 9.87. The van der Waals surface area contributed by atoms with Gasteiger partial charge in [0.05, 0.1) is 51.1 Å². The van der Waals surface area contributed by atoms with Crippen molar-refractivity contribution in [3.63, 3.8) is 0 Å². The van der Waals surface area contributed by atoms with E-state index in [0.717, 1.165) is 18.2 Å². The monoisotopic (exact) mass is 797 g/mol. The summed E-state index contributed by atoms with van der Waals surface area (Å²) in [5, 5.41) is 5.26. The summed E-state index contributed by atoms with van der Waals surface area (Å²) in [7, 11) is 1.46. The number of carbonyl (C=O) groups is 4. The number of piperidine rings is 1. The largest absolute Gasteiger partial charge is 0.493 e. The molecule has 1 aliphatic carbocycles. The summed E-state index contributed by atoms with van der Waals surface area (Å²) in [5.74, 6) is -3.50. The number of hydrogen-bond donors (Lipinski definition) is 2. The number of piperazine rings is 1. The van der Waals surface area contributed by atoms with Crippen LogP contribution >= 0.6 is 23.2 Å². The van der Waals surface area contributed by atoms with Crippen LogP contribution in [-0.2, 0) is 9.59 Å². The standard InChI is InChI=1S/C39H38Cl2FN7O6/c1-54-31-18-29-26(36(44-20-43-29)45-28-9-8-27(40)34(41)35(28)42)17-32(31)55-23-5-2-21(3-6-23)19-47-12-14-48(15-13-47)22-4-7-24-25(16-22)39(53)49(38(24)52)30-10-11-33(50)46-37(30)51/h4,7-9,16-18,20-21,23,30H,2-3,5-6,10-15,19H2,1H3,(H,43,44,45)(H,46,50,51)/i12D2,13D2,14D2,15D2. The quantitative estimate of drug-likeness (QED) is 0.152. The number of aromatic nitrogens is 2. The predicted molar refractivity (Wildman–Crippen MR) is 204 cm³/mol. The van der Waals surface area contributed by atoms with Crippen LogP contribution in [0.15, 0.2) is 48.8 Å². The molecule has 1 atom stereocenters. The summed E-state index contributed by atoms with van der Waals surface area (Å²) < 4.78 is 99.3. The first-order valence-electron chi connectivity index (χ1n) is 21.4. The van der Waals surface area contributed by atoms with Crippen molar-refractivity contribution >= 4 is 74.9 Å². The smallest absolute Gasteiger partial charge is 0.262 e. The van der Waals surface area contributed by atoms with E-state index >= 15 is 0 Å². The number of nitrogens with one attached hydrogen (secondary N) is 2. The molecule has 4 amide bonds. The number of benzene rings is 3. The van der Waals surface area contributed by atoms with Crippen LogP contribution in [-0.4, -0.2) is 95.2 Å². The zero-order valence-corrected chi connectivity index (χ0v) is 30.6. The van der Waals surface area contributed by atoms with Crippen molar-refractivity contribution in [2.75, 3.05) is 49.9 Å². The molecule has 3 aliphatic heterocycles. The lowest BCUT2D eigenvalue weighted by Gasteiger charge is -2.39. The fourth-order valence-corrected chi connectivity index (χ4v) is 7.44. The molecule has 1 unspecified atom stereocenters. The molecule has 3 fully saturated rings. The van der Waals surface area contributed by atoms with Crippen molar-refractivity contribution in [3.05, 3.63) is 75.8 Å². The molecule has 13 nitrogen and oxygen atoms in total. The van der Waals surface area contributed by atoms with Crippen molar-refractivity contribution in [1.82, 2.24) is 25.1 Å². The van der Waals surface area contributed by atoms with Gasteiger partial charge in [-0.1, -0.05) is 23.2 Å². The first kappa shape index (κ1) is 28.4. The zero-order valence-electron chi connectivity index (χ0n) is 37.1. The highest BCUT2D eigenvalue weighted by Gasteiger charge is 2.45. The van der Waals surface area contributed by atoms with E-state index in [1.54, 1.807) is 12.1 Å². The topological polar surface area (TPSA) is 146 Å². The minimum Gasteiger partial charge on any atom is -0.493 e. The van der Waals surface area contributed by atoms with Crippen molar-refractivity contribution < 1.29 is 44.0 Å². The molecule has 1 aromatic heterocycles. The zero-order chi connectivity index (χ0) is 45.6. The van der Waals surface area contributed by atoms with Gasteiger partial charge in [-0.2, -0.15) is 0 Å². The Morgan fingerprint density at radius 2 is 1.69 bits per heavy atom. The summed E-state index contributed by atoms with van der Waals surface area (Å²) in [5.41, 5.74) is -0.428. The molecular weight excluding hydrogens is 752 g/mol. The third-order valence-corrected chi connectivity index (χ3v) is 10.8. The van der Waals surface area contributed by atoms with E-state index in [1.807, 2.05) is 0 Å². The number of rotatable bonds is 9. The third-order valence-electron chi connectivity index (χ3n) is 10.0. The number of methoxy groups -OCH3 is 1. The van der Waals surface area contributed by atoms with E-state index in [1.165, 1.54) is 25.6 Å². The van der Waals surface area contributed by atoms with Crippen LogP contribution in [0.2, 0.25) is 10.0 Å². The minimum atomic E-state index is -3.26. The van der Waals surface area contributed by atoms with Crippen molar-refractivity contribution in [1.29, 1.82) is 0 Å². The lowest BCUT2D eigenvalue weighted by Crippen LogP contribution is -2.54. The normalized spacial score (nSPS) is 27.7. The number of carbonyl (C=O) groups excluding carboxylic acids is 4. The molecule has 1 saturated carbocycles. The van der Waals surface area contributed by atoms with Gasteiger partial charge in [-0.15, -0.1) is 0 Å². The molecule has 2 N–H and O–H groups in total. The Hall–Kier alpha value is -5.05. The van der Waals surface area contributed by atoms with E-state index in [0.29, 0.717) is 62.8 Å². The SMILES string of the molecule is [2H]C1([2H])N(CC2CCC(Oc3cc4c(Nc5ccc(Cl)c(Cl)c5F)ncnc4cc3OC)CC2)C([2H])([2H])C([2H])([2H])N(c2ccc3c(c2)C(=O)N(C2CCC(=O)NC2=O)C3=O)C1([2H])[2H]. The summed E-state index contributed by atoms with van der Waals surface area (Å²) in [6.07, 6.45) is 2.20. The van der Waals surface area contributed by atoms with Gasteiger partial charge in [0.25, 0.3) is 11.8 Å². The first-order valence-corrected chi connectivity index (χ1v) is 18.2. The number of imide groups is 2. The van der Waals surface area contributed by atoms with Gasteiger partial charge in [0, 0.05) is 61.6 Å². The van der Waals surface area contributed by atoms with Gasteiger partial charge < -0.3 is 19.7 Å². The van der Waals surface area contributed by atoms with Crippen molar-refractivity contribution in [3.8, 4) is 11.5 Å². The first-order chi connectivity index (χ1) is 29.6. The van der Waals surface area contributed by atoms with Crippen molar-refractivity contribution in [2.45, 2.75) is 50.7 Å². The molecule has 4 aromatic rings. The van der Waals surface area contributed by atoms with E-state index in [-0.39, 0.29) is 52.1 Å². The number of hydrogen-bond acceptors (Lipinski definition) is 11. The van der Waals surface area contributed by atoms with Crippen LogP contribution in [0.1, 0.15) is 70.2 Å². The molecule has 8 rings (SSSR count). The van der Waals surface area contributed by atoms with Crippen LogP contribution in [0.25, 0.3) is 10.9 Å². The molecule has 0 spiro atoms. The Morgan fingerprint density at radius 1 is 0.927 bits per heavy atom. The minimum absolute atomic E-state index is 0.0230. The van der Waals surface area contributed by atoms with Gasteiger partial charge in [0.15, 0.2) is 17.3 Å². The molecular formula is C39H38Cl2FN7O6. The Kier molecular flexibility index (Phi) is 7.86. The average Bonchev–Trinajstić information content (AvgIpc) is 3.47. The Labute approximate surface area is 337 Å². The second-order valence-electron chi connectivity index (χ2n) is 13.4. The maximum Gasteiger partial charge on any atom is 0.262 e. The van der Waals surface area contributed by atoms with Gasteiger partial charge >= 0.3 is 0 Å². The Morgan fingerprint density at radius 3 is 2.44 bits per heavy atom. The molecule has 55 heavy (non-hydrogen) atoms. The predicted octanol–water partition coefficient (Wildman–Crippen LogP) is 5.99. The van der Waals surface area contributed by atoms with Crippen LogP contribution in [0, 0.1) is 11.7 Å². The molecule has 4 heterocycles. The maximum atomic E-state index is 14.9. The van der Waals surface area contributed by atoms with Gasteiger partial charge in [0.1, 0.15) is 18.2 Å². The fraction of sp³-hybridized carbons (Fsp3) is 0.385. The van der Waals surface area contributed by atoms with Crippen LogP contribution in [0.3, 0.4) is 0 Å². The fourth-order valence-electron chi connectivity index (χ4n) is 7.13. The summed E-state index contributed by atoms with van der Waals surface area (Å²) in [6, 6.07) is 8.05. The summed E-state index contributed by atoms with van der Waals surface area (Å²) in [6.45, 7) is -13.2. The van der Waals surface area contributed by atoms with E-state index in [9.17, 15) is 23.6 Å². The highest BCUT2D eigenvalue weighted by atomic mass is 35.5. The third kappa shape index (κ3) is 7.26. The molecule has 0 radical (unpaired) electrons. The highest BCUT2D eigenvalue weighted by Crippen LogP contribution is 2.39. The number of nitrogens with zero attached hydrogens (tertiary/aromatic N) is 5. The molecule has 3 aromatic carbocycles.